The summed E-state index contributed by atoms with van der Waals surface area (Å²) in [4.78, 5) is 22.0. The molecule has 0 bridgehead atoms. The van der Waals surface area contributed by atoms with Gasteiger partial charge >= 0.3 is 0 Å². The van der Waals surface area contributed by atoms with Gasteiger partial charge in [0.05, 0.1) is 25.5 Å². The number of anilines is 2. The van der Waals surface area contributed by atoms with E-state index in [0.717, 1.165) is 34.6 Å². The van der Waals surface area contributed by atoms with Gasteiger partial charge in [0.25, 0.3) is 0 Å². The first kappa shape index (κ1) is 23.6. The number of amides is 1. The molecule has 1 aromatic carbocycles. The van der Waals surface area contributed by atoms with E-state index in [9.17, 15) is 9.90 Å². The lowest BCUT2D eigenvalue weighted by atomic mass is 9.91. The number of pyridine rings is 2. The predicted octanol–water partition coefficient (Wildman–Crippen LogP) is 4.83. The van der Waals surface area contributed by atoms with E-state index in [1.807, 2.05) is 47.0 Å². The van der Waals surface area contributed by atoms with Crippen molar-refractivity contribution in [3.63, 3.8) is 0 Å². The van der Waals surface area contributed by atoms with E-state index in [4.69, 9.17) is 21.3 Å². The third-order valence-electron chi connectivity index (χ3n) is 7.74. The molecule has 2 saturated carbocycles. The van der Waals surface area contributed by atoms with Crippen LogP contribution in [0.1, 0.15) is 53.5 Å². The minimum absolute atomic E-state index is 0.0307. The number of benzene rings is 1. The molecule has 2 aliphatic carbocycles. The van der Waals surface area contributed by atoms with Crippen LogP contribution in [0, 0.1) is 5.92 Å². The van der Waals surface area contributed by atoms with Gasteiger partial charge in [-0.2, -0.15) is 0 Å². The fraction of sp³-hybridized carbons (Fsp3) is 0.345. The number of aliphatic hydroxyl groups is 1. The molecule has 2 atom stereocenters. The van der Waals surface area contributed by atoms with E-state index in [1.54, 1.807) is 6.20 Å². The van der Waals surface area contributed by atoms with Crippen LogP contribution < -0.4 is 10.6 Å². The predicted molar refractivity (Wildman–Crippen MR) is 144 cm³/mol. The number of rotatable bonds is 8. The number of fused-ring (bicyclic) bond motifs is 1. The van der Waals surface area contributed by atoms with Crippen molar-refractivity contribution >= 4 is 34.7 Å². The van der Waals surface area contributed by atoms with Crippen molar-refractivity contribution in [2.75, 3.05) is 23.8 Å². The highest BCUT2D eigenvalue weighted by molar-refractivity contribution is 6.30. The summed E-state index contributed by atoms with van der Waals surface area (Å²) in [6.45, 7) is 1.08. The number of hydrogen-bond donors (Lipinski definition) is 3. The summed E-state index contributed by atoms with van der Waals surface area (Å²) < 4.78 is 7.35. The van der Waals surface area contributed by atoms with E-state index in [1.165, 1.54) is 18.4 Å². The molecule has 9 heteroatoms. The number of carbonyl (C=O) groups excluding carboxylic acids is 1. The van der Waals surface area contributed by atoms with Gasteiger partial charge in [-0.1, -0.05) is 23.7 Å². The molecule has 38 heavy (non-hydrogen) atoms. The van der Waals surface area contributed by atoms with Crippen LogP contribution in [-0.4, -0.2) is 38.6 Å². The number of ether oxygens (including phenoxy) is 1. The summed E-state index contributed by atoms with van der Waals surface area (Å²) in [6, 6.07) is 13.5. The lowest BCUT2D eigenvalue weighted by Crippen LogP contribution is -2.46. The molecular formula is C29H28ClN5O3. The minimum atomic E-state index is -0.978. The Kier molecular flexibility index (Phi) is 5.65. The molecule has 4 aromatic rings. The highest BCUT2D eigenvalue weighted by Crippen LogP contribution is 2.48. The van der Waals surface area contributed by atoms with Crippen LogP contribution in [0.2, 0.25) is 5.02 Å². The highest BCUT2D eigenvalue weighted by Gasteiger charge is 2.44. The fourth-order valence-electron chi connectivity index (χ4n) is 5.30. The van der Waals surface area contributed by atoms with Crippen molar-refractivity contribution in [3.05, 3.63) is 88.5 Å². The molecule has 1 amide bonds. The second-order valence-electron chi connectivity index (χ2n) is 10.7. The Hall–Kier alpha value is -3.46. The number of nitrogens with one attached hydrogen (secondary N) is 2. The Bertz CT molecular complexity index is 1540. The second kappa shape index (κ2) is 9.08. The molecule has 1 aliphatic heterocycles. The topological polar surface area (TPSA) is 101 Å². The van der Waals surface area contributed by atoms with Gasteiger partial charge in [0.2, 0.25) is 5.91 Å². The van der Waals surface area contributed by atoms with E-state index in [0.29, 0.717) is 36.5 Å². The average molecular weight is 530 g/mol. The molecule has 194 valence electrons. The largest absolute Gasteiger partial charge is 0.380 e. The maximum atomic E-state index is 12.8. The molecular weight excluding hydrogens is 502 g/mol. The summed E-state index contributed by atoms with van der Waals surface area (Å²) in [5, 5.41) is 18.1. The van der Waals surface area contributed by atoms with Crippen LogP contribution in [0.15, 0.2) is 61.1 Å². The highest BCUT2D eigenvalue weighted by atomic mass is 35.5. The quantitative estimate of drug-likeness (QED) is 0.302. The Morgan fingerprint density at radius 2 is 2.03 bits per heavy atom. The van der Waals surface area contributed by atoms with Crippen molar-refractivity contribution in [1.29, 1.82) is 0 Å². The third-order valence-corrected chi connectivity index (χ3v) is 7.98. The molecule has 4 heterocycles. The fourth-order valence-corrected chi connectivity index (χ4v) is 5.50. The Morgan fingerprint density at radius 3 is 2.79 bits per heavy atom. The molecule has 8 nitrogen and oxygen atoms in total. The molecule has 1 saturated heterocycles. The molecule has 7 rings (SSSR count). The van der Waals surface area contributed by atoms with Gasteiger partial charge in [-0.15, -0.1) is 0 Å². The summed E-state index contributed by atoms with van der Waals surface area (Å²) in [7, 11) is 0. The van der Waals surface area contributed by atoms with E-state index in [-0.39, 0.29) is 17.7 Å². The van der Waals surface area contributed by atoms with Crippen molar-refractivity contribution in [2.45, 2.75) is 43.2 Å². The maximum absolute atomic E-state index is 12.8. The number of carbonyl (C=O) groups is 1. The first-order valence-electron chi connectivity index (χ1n) is 13.0. The van der Waals surface area contributed by atoms with Crippen molar-refractivity contribution in [2.24, 2.45) is 5.92 Å². The van der Waals surface area contributed by atoms with Gasteiger partial charge in [0.1, 0.15) is 17.1 Å². The van der Waals surface area contributed by atoms with Crippen LogP contribution in [0.5, 0.6) is 0 Å². The average Bonchev–Trinajstić information content (AvgIpc) is 3.82. The zero-order chi connectivity index (χ0) is 25.9. The normalized spacial score (nSPS) is 21.6. The van der Waals surface area contributed by atoms with Gasteiger partial charge in [0, 0.05) is 46.8 Å². The number of hydrogen-bond acceptors (Lipinski definition) is 6. The number of aromatic nitrogens is 3. The van der Waals surface area contributed by atoms with E-state index in [2.05, 4.69) is 27.9 Å². The maximum Gasteiger partial charge on any atom is 0.229 e. The summed E-state index contributed by atoms with van der Waals surface area (Å²) >= 11 is 6.11. The lowest BCUT2D eigenvalue weighted by molar-refractivity contribution is -0.184. The number of halogens is 1. The summed E-state index contributed by atoms with van der Waals surface area (Å²) in [5.41, 5.74) is 4.65. The van der Waals surface area contributed by atoms with Crippen LogP contribution in [0.25, 0.3) is 5.65 Å². The number of nitrogens with zero attached hydrogens (tertiary/aromatic N) is 3. The molecule has 3 N–H and O–H groups in total. The van der Waals surface area contributed by atoms with Gasteiger partial charge in [0.15, 0.2) is 0 Å². The van der Waals surface area contributed by atoms with Crippen molar-refractivity contribution < 1.29 is 14.6 Å². The minimum Gasteiger partial charge on any atom is -0.380 e. The third kappa shape index (κ3) is 4.53. The van der Waals surface area contributed by atoms with Gasteiger partial charge in [-0.3, -0.25) is 4.79 Å². The first-order valence-corrected chi connectivity index (χ1v) is 13.4. The zero-order valence-electron chi connectivity index (χ0n) is 20.7. The molecule has 3 aliphatic rings. The molecule has 3 fully saturated rings. The molecule has 0 radical (unpaired) electrons. The first-order chi connectivity index (χ1) is 18.4. The number of imidazole rings is 1. The lowest BCUT2D eigenvalue weighted by Gasteiger charge is -2.37. The van der Waals surface area contributed by atoms with Gasteiger partial charge in [-0.05, 0) is 66.5 Å². The molecule has 0 spiro atoms. The standard InChI is InChI=1S/C29H28ClN5O3/c30-20-3-1-2-18(8-20)23-11-24(23)28(36)34-26-10-21(6-7-31-26)32-12-22-14-35-13-19(17-4-5-17)9-25(27(35)33-22)29(37)15-38-16-29/h1-3,6-10,13-14,17,23-24,37H,4-5,11-12,15-16H2,(H2,31,32,34,36)/t23-,24+/m1/s1. The van der Waals surface area contributed by atoms with E-state index >= 15 is 0 Å². The molecule has 3 aromatic heterocycles. The van der Waals surface area contributed by atoms with Crippen molar-refractivity contribution in [1.82, 2.24) is 14.4 Å². The summed E-state index contributed by atoms with van der Waals surface area (Å²) in [6.07, 6.45) is 8.99. The summed E-state index contributed by atoms with van der Waals surface area (Å²) in [5.74, 6) is 1.16. The zero-order valence-corrected chi connectivity index (χ0v) is 21.5. The van der Waals surface area contributed by atoms with Crippen LogP contribution in [-0.2, 0) is 21.7 Å². The second-order valence-corrected chi connectivity index (χ2v) is 11.2. The monoisotopic (exact) mass is 529 g/mol. The van der Waals surface area contributed by atoms with Crippen molar-refractivity contribution in [3.8, 4) is 0 Å². The Labute approximate surface area is 225 Å². The Balaban J connectivity index is 1.03. The van der Waals surface area contributed by atoms with E-state index < -0.39 is 5.60 Å². The van der Waals surface area contributed by atoms with Gasteiger partial charge < -0.3 is 24.9 Å². The van der Waals surface area contributed by atoms with Crippen LogP contribution >= 0.6 is 11.6 Å². The Morgan fingerprint density at radius 1 is 1.16 bits per heavy atom. The van der Waals surface area contributed by atoms with Gasteiger partial charge in [-0.25, -0.2) is 9.97 Å². The molecule has 0 unspecified atom stereocenters. The SMILES string of the molecule is O=C(Nc1cc(NCc2cn3cc(C4CC4)cc(C4(O)COC4)c3n2)ccn1)[C@H]1C[C@@H]1c1cccc(Cl)c1. The smallest absolute Gasteiger partial charge is 0.229 e. The van der Waals surface area contributed by atoms with Crippen LogP contribution in [0.3, 0.4) is 0 Å². The van der Waals surface area contributed by atoms with Crippen LogP contribution in [0.4, 0.5) is 11.5 Å².